The number of hydrogen-bond donors (Lipinski definition) is 1. The summed E-state index contributed by atoms with van der Waals surface area (Å²) in [6.07, 6.45) is 1.34. The van der Waals surface area contributed by atoms with Gasteiger partial charge in [-0.25, -0.2) is 0 Å². The fourth-order valence-electron chi connectivity index (χ4n) is 2.65. The SMILES string of the molecule is CCNC1CC(Oc2cccc(OCC)c2)C1(C)C. The van der Waals surface area contributed by atoms with E-state index in [-0.39, 0.29) is 11.5 Å². The van der Waals surface area contributed by atoms with Gasteiger partial charge in [-0.1, -0.05) is 26.8 Å². The van der Waals surface area contributed by atoms with E-state index in [0.717, 1.165) is 24.5 Å². The van der Waals surface area contributed by atoms with Crippen molar-refractivity contribution in [3.8, 4) is 11.5 Å². The Kier molecular flexibility index (Phi) is 4.35. The Hall–Kier alpha value is -1.22. The maximum Gasteiger partial charge on any atom is 0.123 e. The summed E-state index contributed by atoms with van der Waals surface area (Å²) < 4.78 is 11.6. The van der Waals surface area contributed by atoms with E-state index in [0.29, 0.717) is 12.6 Å². The van der Waals surface area contributed by atoms with Crippen LogP contribution < -0.4 is 14.8 Å². The molecular formula is C16H25NO2. The number of benzene rings is 1. The summed E-state index contributed by atoms with van der Waals surface area (Å²) in [5, 5.41) is 3.51. The molecule has 0 aliphatic heterocycles. The average molecular weight is 263 g/mol. The third kappa shape index (κ3) is 3.03. The summed E-state index contributed by atoms with van der Waals surface area (Å²) in [5.41, 5.74) is 0.178. The average Bonchev–Trinajstić information content (AvgIpc) is 2.38. The van der Waals surface area contributed by atoms with Gasteiger partial charge in [0.2, 0.25) is 0 Å². The van der Waals surface area contributed by atoms with Crippen molar-refractivity contribution in [2.24, 2.45) is 5.41 Å². The first kappa shape index (κ1) is 14.2. The largest absolute Gasteiger partial charge is 0.494 e. The smallest absolute Gasteiger partial charge is 0.123 e. The van der Waals surface area contributed by atoms with Crippen LogP contribution in [0.1, 0.15) is 34.1 Å². The molecule has 0 amide bonds. The van der Waals surface area contributed by atoms with Gasteiger partial charge in [-0.3, -0.25) is 0 Å². The fraction of sp³-hybridized carbons (Fsp3) is 0.625. The Balaban J connectivity index is 1.97. The van der Waals surface area contributed by atoms with Crippen LogP contribution in [0.5, 0.6) is 11.5 Å². The van der Waals surface area contributed by atoms with E-state index in [2.05, 4.69) is 26.1 Å². The first-order valence-electron chi connectivity index (χ1n) is 7.20. The van der Waals surface area contributed by atoms with Crippen LogP contribution in [-0.2, 0) is 0 Å². The van der Waals surface area contributed by atoms with Gasteiger partial charge >= 0.3 is 0 Å². The maximum absolute atomic E-state index is 6.11. The van der Waals surface area contributed by atoms with Crippen molar-refractivity contribution in [1.29, 1.82) is 0 Å². The normalized spacial score (nSPS) is 24.6. The molecule has 1 aliphatic carbocycles. The molecule has 1 aromatic rings. The number of nitrogens with one attached hydrogen (secondary N) is 1. The van der Waals surface area contributed by atoms with Crippen molar-refractivity contribution < 1.29 is 9.47 Å². The van der Waals surface area contributed by atoms with Gasteiger partial charge in [-0.15, -0.1) is 0 Å². The van der Waals surface area contributed by atoms with E-state index in [4.69, 9.17) is 9.47 Å². The molecule has 1 aromatic carbocycles. The van der Waals surface area contributed by atoms with E-state index >= 15 is 0 Å². The fourth-order valence-corrected chi connectivity index (χ4v) is 2.65. The predicted octanol–water partition coefficient (Wildman–Crippen LogP) is 3.24. The van der Waals surface area contributed by atoms with E-state index in [1.54, 1.807) is 0 Å². The van der Waals surface area contributed by atoms with Crippen LogP contribution in [-0.4, -0.2) is 25.3 Å². The standard InChI is InChI=1S/C16H25NO2/c1-5-17-14-11-15(16(14,3)4)19-13-9-7-8-12(10-13)18-6-2/h7-10,14-15,17H,5-6,11H2,1-4H3. The van der Waals surface area contributed by atoms with E-state index in [1.165, 1.54) is 0 Å². The van der Waals surface area contributed by atoms with Gasteiger partial charge in [-0.2, -0.15) is 0 Å². The van der Waals surface area contributed by atoms with Gasteiger partial charge < -0.3 is 14.8 Å². The van der Waals surface area contributed by atoms with E-state index in [1.807, 2.05) is 31.2 Å². The highest BCUT2D eigenvalue weighted by Gasteiger charge is 2.49. The van der Waals surface area contributed by atoms with E-state index in [9.17, 15) is 0 Å². The summed E-state index contributed by atoms with van der Waals surface area (Å²) in [6.45, 7) is 10.4. The first-order chi connectivity index (χ1) is 9.07. The van der Waals surface area contributed by atoms with Crippen LogP contribution in [0.2, 0.25) is 0 Å². The molecule has 1 aliphatic rings. The Bertz CT molecular complexity index is 417. The molecule has 1 fully saturated rings. The molecule has 3 nitrogen and oxygen atoms in total. The lowest BCUT2D eigenvalue weighted by Crippen LogP contribution is -2.62. The zero-order chi connectivity index (χ0) is 13.9. The Labute approximate surface area is 116 Å². The van der Waals surface area contributed by atoms with Gasteiger partial charge in [0, 0.05) is 23.9 Å². The van der Waals surface area contributed by atoms with Crippen molar-refractivity contribution >= 4 is 0 Å². The predicted molar refractivity (Wildman–Crippen MR) is 77.9 cm³/mol. The van der Waals surface area contributed by atoms with Crippen molar-refractivity contribution in [3.63, 3.8) is 0 Å². The molecule has 0 aromatic heterocycles. The third-order valence-electron chi connectivity index (χ3n) is 4.02. The number of rotatable bonds is 6. The van der Waals surface area contributed by atoms with Gasteiger partial charge in [0.05, 0.1) is 6.61 Å². The maximum atomic E-state index is 6.11. The number of ether oxygens (including phenoxy) is 2. The van der Waals surface area contributed by atoms with Crippen molar-refractivity contribution in [1.82, 2.24) is 5.32 Å². The minimum absolute atomic E-state index is 0.178. The molecule has 0 spiro atoms. The summed E-state index contributed by atoms with van der Waals surface area (Å²) in [6, 6.07) is 8.47. The summed E-state index contributed by atoms with van der Waals surface area (Å²) in [7, 11) is 0. The van der Waals surface area contributed by atoms with Gasteiger partial charge in [0.15, 0.2) is 0 Å². The topological polar surface area (TPSA) is 30.5 Å². The molecule has 3 heteroatoms. The summed E-state index contributed by atoms with van der Waals surface area (Å²) in [4.78, 5) is 0. The lowest BCUT2D eigenvalue weighted by Gasteiger charge is -2.51. The molecule has 0 bridgehead atoms. The highest BCUT2D eigenvalue weighted by Crippen LogP contribution is 2.43. The summed E-state index contributed by atoms with van der Waals surface area (Å²) >= 11 is 0. The molecule has 1 saturated carbocycles. The minimum Gasteiger partial charge on any atom is -0.494 e. The Morgan fingerprint density at radius 2 is 2.00 bits per heavy atom. The molecule has 106 valence electrons. The Morgan fingerprint density at radius 1 is 1.26 bits per heavy atom. The van der Waals surface area contributed by atoms with Crippen LogP contribution >= 0.6 is 0 Å². The highest BCUT2D eigenvalue weighted by molar-refractivity contribution is 5.33. The van der Waals surface area contributed by atoms with Crippen molar-refractivity contribution in [2.75, 3.05) is 13.2 Å². The molecule has 19 heavy (non-hydrogen) atoms. The monoisotopic (exact) mass is 263 g/mol. The van der Waals surface area contributed by atoms with Crippen LogP contribution in [0.25, 0.3) is 0 Å². The van der Waals surface area contributed by atoms with Crippen molar-refractivity contribution in [3.05, 3.63) is 24.3 Å². The second kappa shape index (κ2) is 5.83. The van der Waals surface area contributed by atoms with Crippen LogP contribution in [0.4, 0.5) is 0 Å². The van der Waals surface area contributed by atoms with Gasteiger partial charge in [0.1, 0.15) is 17.6 Å². The van der Waals surface area contributed by atoms with Crippen LogP contribution in [0, 0.1) is 5.41 Å². The molecular weight excluding hydrogens is 238 g/mol. The van der Waals surface area contributed by atoms with Crippen molar-refractivity contribution in [2.45, 2.75) is 46.3 Å². The highest BCUT2D eigenvalue weighted by atomic mass is 16.5. The molecule has 2 unspecified atom stereocenters. The zero-order valence-electron chi connectivity index (χ0n) is 12.4. The molecule has 0 heterocycles. The van der Waals surface area contributed by atoms with E-state index < -0.39 is 0 Å². The lowest BCUT2D eigenvalue weighted by atomic mass is 9.64. The molecule has 2 rings (SSSR count). The number of hydrogen-bond acceptors (Lipinski definition) is 3. The molecule has 2 atom stereocenters. The lowest BCUT2D eigenvalue weighted by molar-refractivity contribution is -0.0542. The van der Waals surface area contributed by atoms with Gasteiger partial charge in [0.25, 0.3) is 0 Å². The van der Waals surface area contributed by atoms with Crippen LogP contribution in [0.3, 0.4) is 0 Å². The van der Waals surface area contributed by atoms with Gasteiger partial charge in [-0.05, 0) is 25.6 Å². The Morgan fingerprint density at radius 3 is 2.63 bits per heavy atom. The molecule has 1 N–H and O–H groups in total. The second-order valence-corrected chi connectivity index (χ2v) is 5.68. The quantitative estimate of drug-likeness (QED) is 0.854. The third-order valence-corrected chi connectivity index (χ3v) is 4.02. The second-order valence-electron chi connectivity index (χ2n) is 5.68. The summed E-state index contributed by atoms with van der Waals surface area (Å²) in [5.74, 6) is 1.78. The molecule has 0 saturated heterocycles. The zero-order valence-corrected chi connectivity index (χ0v) is 12.4. The minimum atomic E-state index is 0.178. The first-order valence-corrected chi connectivity index (χ1v) is 7.20. The molecule has 0 radical (unpaired) electrons. The van der Waals surface area contributed by atoms with Crippen LogP contribution in [0.15, 0.2) is 24.3 Å².